The highest BCUT2D eigenvalue weighted by molar-refractivity contribution is 4.95. The van der Waals surface area contributed by atoms with E-state index in [0.717, 1.165) is 24.5 Å². The van der Waals surface area contributed by atoms with Gasteiger partial charge in [0, 0.05) is 25.7 Å². The summed E-state index contributed by atoms with van der Waals surface area (Å²) in [6.07, 6.45) is 10.9. The topological polar surface area (TPSA) is 56.7 Å². The quantitative estimate of drug-likeness (QED) is 0.843. The average molecular weight is 222 g/mol. The van der Waals surface area contributed by atoms with E-state index < -0.39 is 0 Å². The maximum absolute atomic E-state index is 6.17. The maximum atomic E-state index is 6.17. The van der Waals surface area contributed by atoms with E-state index in [1.54, 1.807) is 4.68 Å². The molecule has 0 spiro atoms. The molecule has 4 nitrogen and oxygen atoms in total. The molecule has 0 aliphatic heterocycles. The Morgan fingerprint density at radius 3 is 2.81 bits per heavy atom. The molecule has 0 aromatic carbocycles. The van der Waals surface area contributed by atoms with E-state index in [9.17, 15) is 0 Å². The molecule has 1 fully saturated rings. The number of nitrogens with zero attached hydrogens (tertiary/aromatic N) is 3. The van der Waals surface area contributed by atoms with E-state index in [-0.39, 0.29) is 6.04 Å². The first-order valence-corrected chi connectivity index (χ1v) is 6.35. The predicted octanol–water partition coefficient (Wildman–Crippen LogP) is 1.66. The molecule has 2 rings (SSSR count). The first-order chi connectivity index (χ1) is 7.74. The van der Waals surface area contributed by atoms with Crippen LogP contribution in [0.5, 0.6) is 0 Å². The Labute approximate surface area is 97.2 Å². The van der Waals surface area contributed by atoms with E-state index in [1.807, 2.05) is 13.2 Å². The van der Waals surface area contributed by atoms with Gasteiger partial charge in [-0.2, -0.15) is 0 Å². The molecule has 1 aromatic heterocycles. The molecule has 0 saturated heterocycles. The fourth-order valence-corrected chi connectivity index (χ4v) is 2.69. The minimum atomic E-state index is 0.250. The molecule has 1 heterocycles. The van der Waals surface area contributed by atoms with Gasteiger partial charge in [0.25, 0.3) is 0 Å². The normalized spacial score (nSPS) is 19.9. The fourth-order valence-electron chi connectivity index (χ4n) is 2.69. The Bertz CT molecular complexity index is 315. The molecule has 90 valence electrons. The number of aromatic nitrogens is 3. The molecule has 1 aliphatic carbocycles. The van der Waals surface area contributed by atoms with Crippen molar-refractivity contribution in [2.75, 3.05) is 0 Å². The Hall–Kier alpha value is -0.900. The zero-order valence-corrected chi connectivity index (χ0v) is 10.1. The van der Waals surface area contributed by atoms with Crippen molar-refractivity contribution in [3.8, 4) is 0 Å². The molecule has 1 unspecified atom stereocenters. The maximum Gasteiger partial charge on any atom is 0.0842 e. The van der Waals surface area contributed by atoms with Crippen LogP contribution in [0.3, 0.4) is 0 Å². The largest absolute Gasteiger partial charge is 0.327 e. The third kappa shape index (κ3) is 3.30. The van der Waals surface area contributed by atoms with Gasteiger partial charge in [0.05, 0.1) is 5.69 Å². The van der Waals surface area contributed by atoms with Gasteiger partial charge in [0.1, 0.15) is 0 Å². The van der Waals surface area contributed by atoms with Gasteiger partial charge >= 0.3 is 0 Å². The third-order valence-corrected chi connectivity index (χ3v) is 3.48. The van der Waals surface area contributed by atoms with Crippen LogP contribution in [-0.4, -0.2) is 21.0 Å². The summed E-state index contributed by atoms with van der Waals surface area (Å²) in [4.78, 5) is 0. The minimum absolute atomic E-state index is 0.250. The van der Waals surface area contributed by atoms with Crippen LogP contribution in [0.25, 0.3) is 0 Å². The molecule has 4 heteroatoms. The summed E-state index contributed by atoms with van der Waals surface area (Å²) < 4.78 is 1.74. The first kappa shape index (κ1) is 11.6. The number of hydrogen-bond acceptors (Lipinski definition) is 3. The summed E-state index contributed by atoms with van der Waals surface area (Å²) in [5.74, 6) is 0.848. The van der Waals surface area contributed by atoms with E-state index in [1.165, 1.54) is 32.1 Å². The van der Waals surface area contributed by atoms with Gasteiger partial charge in [-0.15, -0.1) is 5.10 Å². The number of rotatable bonds is 4. The van der Waals surface area contributed by atoms with Gasteiger partial charge < -0.3 is 5.73 Å². The summed E-state index contributed by atoms with van der Waals surface area (Å²) in [5, 5.41) is 8.01. The molecular formula is C12H22N4. The zero-order chi connectivity index (χ0) is 11.4. The van der Waals surface area contributed by atoms with Crippen molar-refractivity contribution in [3.05, 3.63) is 11.9 Å². The Kier molecular flexibility index (Phi) is 3.93. The SMILES string of the molecule is Cn1cc(CC(N)CC2CCCCC2)nn1. The fraction of sp³-hybridized carbons (Fsp3) is 0.833. The van der Waals surface area contributed by atoms with E-state index >= 15 is 0 Å². The van der Waals surface area contributed by atoms with Crippen LogP contribution in [0.4, 0.5) is 0 Å². The van der Waals surface area contributed by atoms with Crippen LogP contribution < -0.4 is 5.73 Å². The summed E-state index contributed by atoms with van der Waals surface area (Å²) >= 11 is 0. The van der Waals surface area contributed by atoms with Crippen molar-refractivity contribution in [1.82, 2.24) is 15.0 Å². The lowest BCUT2D eigenvalue weighted by Gasteiger charge is -2.24. The minimum Gasteiger partial charge on any atom is -0.327 e. The van der Waals surface area contributed by atoms with Crippen molar-refractivity contribution in [1.29, 1.82) is 0 Å². The van der Waals surface area contributed by atoms with Gasteiger partial charge in [-0.25, -0.2) is 0 Å². The number of nitrogens with two attached hydrogens (primary N) is 1. The van der Waals surface area contributed by atoms with Gasteiger partial charge in [0.2, 0.25) is 0 Å². The number of aryl methyl sites for hydroxylation is 1. The zero-order valence-electron chi connectivity index (χ0n) is 10.1. The molecule has 1 aromatic rings. The van der Waals surface area contributed by atoms with Crippen LogP contribution in [0.15, 0.2) is 6.20 Å². The van der Waals surface area contributed by atoms with Crippen molar-refractivity contribution >= 4 is 0 Å². The Morgan fingerprint density at radius 1 is 1.44 bits per heavy atom. The lowest BCUT2D eigenvalue weighted by molar-refractivity contribution is 0.316. The van der Waals surface area contributed by atoms with Gasteiger partial charge in [0.15, 0.2) is 0 Å². The third-order valence-electron chi connectivity index (χ3n) is 3.48. The van der Waals surface area contributed by atoms with Crippen molar-refractivity contribution < 1.29 is 0 Å². The molecule has 1 saturated carbocycles. The first-order valence-electron chi connectivity index (χ1n) is 6.35. The van der Waals surface area contributed by atoms with E-state index in [0.29, 0.717) is 0 Å². The van der Waals surface area contributed by atoms with Crippen molar-refractivity contribution in [3.63, 3.8) is 0 Å². The second-order valence-corrected chi connectivity index (χ2v) is 5.09. The van der Waals surface area contributed by atoms with Gasteiger partial charge in [-0.1, -0.05) is 37.3 Å². The second kappa shape index (κ2) is 5.43. The number of hydrogen-bond donors (Lipinski definition) is 1. The molecule has 2 N–H and O–H groups in total. The Morgan fingerprint density at radius 2 is 2.19 bits per heavy atom. The van der Waals surface area contributed by atoms with E-state index in [2.05, 4.69) is 10.3 Å². The molecule has 1 atom stereocenters. The van der Waals surface area contributed by atoms with Gasteiger partial charge in [-0.05, 0) is 12.3 Å². The monoisotopic (exact) mass is 222 g/mol. The lowest BCUT2D eigenvalue weighted by Crippen LogP contribution is -2.27. The highest BCUT2D eigenvalue weighted by Crippen LogP contribution is 2.27. The summed E-state index contributed by atoms with van der Waals surface area (Å²) in [7, 11) is 1.89. The average Bonchev–Trinajstić information content (AvgIpc) is 2.65. The summed E-state index contributed by atoms with van der Waals surface area (Å²) in [6, 6.07) is 0.250. The van der Waals surface area contributed by atoms with Crippen molar-refractivity contribution in [2.45, 2.75) is 51.0 Å². The molecule has 0 radical (unpaired) electrons. The molecule has 0 bridgehead atoms. The standard InChI is InChI=1S/C12H22N4/c1-16-9-12(14-15-16)8-11(13)7-10-5-3-2-4-6-10/h9-11H,2-8,13H2,1H3. The van der Waals surface area contributed by atoms with Gasteiger partial charge in [-0.3, -0.25) is 4.68 Å². The second-order valence-electron chi connectivity index (χ2n) is 5.09. The lowest BCUT2D eigenvalue weighted by atomic mass is 9.84. The van der Waals surface area contributed by atoms with Crippen LogP contribution in [0.2, 0.25) is 0 Å². The highest BCUT2D eigenvalue weighted by Gasteiger charge is 2.17. The van der Waals surface area contributed by atoms with Crippen LogP contribution in [0.1, 0.15) is 44.2 Å². The smallest absolute Gasteiger partial charge is 0.0842 e. The van der Waals surface area contributed by atoms with Crippen LogP contribution in [-0.2, 0) is 13.5 Å². The molecular weight excluding hydrogens is 200 g/mol. The molecule has 1 aliphatic rings. The van der Waals surface area contributed by atoms with Crippen molar-refractivity contribution in [2.24, 2.45) is 18.7 Å². The van der Waals surface area contributed by atoms with Crippen LogP contribution in [0, 0.1) is 5.92 Å². The molecule has 0 amide bonds. The Balaban J connectivity index is 1.77. The predicted molar refractivity (Wildman–Crippen MR) is 63.9 cm³/mol. The highest BCUT2D eigenvalue weighted by atomic mass is 15.4. The summed E-state index contributed by atoms with van der Waals surface area (Å²) in [6.45, 7) is 0. The van der Waals surface area contributed by atoms with E-state index in [4.69, 9.17) is 5.73 Å². The van der Waals surface area contributed by atoms with Crippen LogP contribution >= 0.6 is 0 Å². The summed E-state index contributed by atoms with van der Waals surface area (Å²) in [5.41, 5.74) is 7.19. The molecule has 16 heavy (non-hydrogen) atoms.